The summed E-state index contributed by atoms with van der Waals surface area (Å²) in [5.41, 5.74) is 1.23. The fraction of sp³-hybridized carbons (Fsp3) is 0.474. The summed E-state index contributed by atoms with van der Waals surface area (Å²) in [5, 5.41) is 3.05. The van der Waals surface area contributed by atoms with E-state index in [2.05, 4.69) is 32.4 Å². The predicted molar refractivity (Wildman–Crippen MR) is 101 cm³/mol. The number of hydrogen-bond donors (Lipinski definition) is 1. The summed E-state index contributed by atoms with van der Waals surface area (Å²) >= 11 is 0. The van der Waals surface area contributed by atoms with Gasteiger partial charge in [-0.25, -0.2) is 0 Å². The summed E-state index contributed by atoms with van der Waals surface area (Å²) < 4.78 is 10.2. The Morgan fingerprint density at radius 2 is 1.70 bits per heavy atom. The average molecular weight is 371 g/mol. The van der Waals surface area contributed by atoms with Gasteiger partial charge in [-0.15, -0.1) is 4.98 Å². The number of hydrogen-bond acceptors (Lipinski definition) is 7. The molecule has 0 spiro atoms. The molecule has 0 radical (unpaired) electrons. The number of nitrogens with zero attached hydrogens (tertiary/aromatic N) is 4. The molecule has 3 rings (SSSR count). The van der Waals surface area contributed by atoms with Crippen LogP contribution in [0.3, 0.4) is 0 Å². The summed E-state index contributed by atoms with van der Waals surface area (Å²) in [6, 6.07) is 10.6. The minimum absolute atomic E-state index is 0.0163. The zero-order valence-corrected chi connectivity index (χ0v) is 15.7. The van der Waals surface area contributed by atoms with Crippen LogP contribution in [0.2, 0.25) is 0 Å². The van der Waals surface area contributed by atoms with Crippen LogP contribution in [0.25, 0.3) is 0 Å². The van der Waals surface area contributed by atoms with Crippen LogP contribution in [0.15, 0.2) is 30.3 Å². The minimum atomic E-state index is 0.0163. The number of amides is 1. The Bertz CT molecular complexity index is 726. The molecule has 144 valence electrons. The third-order valence-electron chi connectivity index (χ3n) is 4.65. The molecule has 1 fully saturated rings. The summed E-state index contributed by atoms with van der Waals surface area (Å²) in [6.45, 7) is 2.06. The Kier molecular flexibility index (Phi) is 6.40. The van der Waals surface area contributed by atoms with Gasteiger partial charge >= 0.3 is 12.0 Å². The number of piperidine rings is 1. The second kappa shape index (κ2) is 9.16. The normalized spacial score (nSPS) is 14.7. The number of methoxy groups -OCH3 is 2. The van der Waals surface area contributed by atoms with Gasteiger partial charge in [0.2, 0.25) is 11.9 Å². The molecular weight excluding hydrogens is 346 g/mol. The van der Waals surface area contributed by atoms with E-state index in [4.69, 9.17) is 9.47 Å². The van der Waals surface area contributed by atoms with Crippen molar-refractivity contribution in [3.63, 3.8) is 0 Å². The lowest BCUT2D eigenvalue weighted by atomic mass is 9.96. The maximum absolute atomic E-state index is 12.4. The van der Waals surface area contributed by atoms with Crippen LogP contribution in [-0.2, 0) is 11.2 Å². The fourth-order valence-electron chi connectivity index (χ4n) is 3.11. The van der Waals surface area contributed by atoms with Gasteiger partial charge in [0.1, 0.15) is 0 Å². The Hall–Kier alpha value is -2.90. The number of carbonyl (C=O) groups excluding carboxylic acids is 1. The van der Waals surface area contributed by atoms with E-state index in [1.54, 1.807) is 0 Å². The molecule has 1 saturated heterocycles. The van der Waals surface area contributed by atoms with Crippen molar-refractivity contribution in [3.05, 3.63) is 35.9 Å². The first-order valence-electron chi connectivity index (χ1n) is 9.10. The second-order valence-corrected chi connectivity index (χ2v) is 6.40. The number of rotatable bonds is 7. The molecule has 8 heteroatoms. The fourth-order valence-corrected chi connectivity index (χ4v) is 3.11. The smallest absolute Gasteiger partial charge is 0.324 e. The van der Waals surface area contributed by atoms with Gasteiger partial charge in [0.05, 0.1) is 14.2 Å². The van der Waals surface area contributed by atoms with Crippen molar-refractivity contribution in [1.82, 2.24) is 20.3 Å². The molecule has 0 bridgehead atoms. The Labute approximate surface area is 158 Å². The summed E-state index contributed by atoms with van der Waals surface area (Å²) in [6.07, 6.45) is 2.36. The third kappa shape index (κ3) is 5.06. The zero-order valence-electron chi connectivity index (χ0n) is 15.7. The van der Waals surface area contributed by atoms with E-state index >= 15 is 0 Å². The van der Waals surface area contributed by atoms with Gasteiger partial charge in [-0.05, 0) is 24.8 Å². The average Bonchev–Trinajstić information content (AvgIpc) is 2.74. The molecule has 1 aromatic carbocycles. The van der Waals surface area contributed by atoms with Crippen molar-refractivity contribution < 1.29 is 14.3 Å². The van der Waals surface area contributed by atoms with Crippen LogP contribution in [0.1, 0.15) is 18.4 Å². The summed E-state index contributed by atoms with van der Waals surface area (Å²) in [5.74, 6) is 0.653. The molecule has 0 atom stereocenters. The number of carbonyl (C=O) groups is 1. The Balaban J connectivity index is 1.49. The van der Waals surface area contributed by atoms with Crippen molar-refractivity contribution in [2.75, 3.05) is 38.8 Å². The lowest BCUT2D eigenvalue weighted by Crippen LogP contribution is -2.41. The van der Waals surface area contributed by atoms with E-state index in [-0.39, 0.29) is 23.8 Å². The number of aromatic nitrogens is 3. The second-order valence-electron chi connectivity index (χ2n) is 6.40. The number of nitrogens with one attached hydrogen (secondary N) is 1. The van der Waals surface area contributed by atoms with E-state index < -0.39 is 0 Å². The van der Waals surface area contributed by atoms with Crippen LogP contribution in [0.4, 0.5) is 5.95 Å². The maximum atomic E-state index is 12.4. The Morgan fingerprint density at radius 3 is 2.30 bits per heavy atom. The third-order valence-corrected chi connectivity index (χ3v) is 4.65. The van der Waals surface area contributed by atoms with E-state index in [0.29, 0.717) is 25.6 Å². The molecule has 1 aliphatic heterocycles. The first kappa shape index (κ1) is 18.9. The van der Waals surface area contributed by atoms with Crippen LogP contribution in [-0.4, -0.2) is 54.7 Å². The van der Waals surface area contributed by atoms with Gasteiger partial charge in [-0.1, -0.05) is 30.3 Å². The van der Waals surface area contributed by atoms with Crippen LogP contribution < -0.4 is 19.7 Å². The Morgan fingerprint density at radius 1 is 1.07 bits per heavy atom. The van der Waals surface area contributed by atoms with Crippen LogP contribution >= 0.6 is 0 Å². The number of benzene rings is 1. The number of anilines is 1. The van der Waals surface area contributed by atoms with Gasteiger partial charge < -0.3 is 19.7 Å². The highest BCUT2D eigenvalue weighted by Crippen LogP contribution is 2.23. The van der Waals surface area contributed by atoms with Gasteiger partial charge in [0.25, 0.3) is 0 Å². The van der Waals surface area contributed by atoms with Crippen molar-refractivity contribution in [2.45, 2.75) is 19.3 Å². The highest BCUT2D eigenvalue weighted by atomic mass is 16.5. The molecule has 2 aromatic rings. The lowest BCUT2D eigenvalue weighted by molar-refractivity contribution is -0.125. The summed E-state index contributed by atoms with van der Waals surface area (Å²) in [4.78, 5) is 27.0. The largest absolute Gasteiger partial charge is 0.467 e. The highest BCUT2D eigenvalue weighted by molar-refractivity contribution is 5.78. The molecule has 27 heavy (non-hydrogen) atoms. The first-order valence-corrected chi connectivity index (χ1v) is 9.10. The number of ether oxygens (including phenoxy) is 2. The van der Waals surface area contributed by atoms with Gasteiger partial charge in [0, 0.05) is 25.6 Å². The van der Waals surface area contributed by atoms with Crippen molar-refractivity contribution in [3.8, 4) is 12.0 Å². The predicted octanol–water partition coefficient (Wildman–Crippen LogP) is 1.46. The molecule has 1 aromatic heterocycles. The topological polar surface area (TPSA) is 89.5 Å². The van der Waals surface area contributed by atoms with Gasteiger partial charge in [-0.2, -0.15) is 9.97 Å². The molecule has 1 amide bonds. The van der Waals surface area contributed by atoms with Gasteiger partial charge in [-0.3, -0.25) is 4.79 Å². The lowest BCUT2D eigenvalue weighted by Gasteiger charge is -2.31. The van der Waals surface area contributed by atoms with Crippen LogP contribution in [0.5, 0.6) is 12.0 Å². The van der Waals surface area contributed by atoms with E-state index in [1.165, 1.54) is 19.8 Å². The monoisotopic (exact) mass is 371 g/mol. The highest BCUT2D eigenvalue weighted by Gasteiger charge is 2.26. The van der Waals surface area contributed by atoms with E-state index in [1.807, 2.05) is 23.1 Å². The molecule has 1 aliphatic rings. The van der Waals surface area contributed by atoms with E-state index in [9.17, 15) is 4.79 Å². The standard InChI is InChI=1S/C19H25N5O3/c1-26-18-21-17(22-19(23-18)27-2)24-12-9-15(10-13-24)16(25)20-11-8-14-6-4-3-5-7-14/h3-7,15H,8-13H2,1-2H3,(H,20,25). The molecule has 0 aliphatic carbocycles. The minimum Gasteiger partial charge on any atom is -0.467 e. The van der Waals surface area contributed by atoms with Gasteiger partial charge in [0.15, 0.2) is 0 Å². The molecule has 0 saturated carbocycles. The SMILES string of the molecule is COc1nc(OC)nc(N2CCC(C(=O)NCCc3ccccc3)CC2)n1. The first-order chi connectivity index (χ1) is 13.2. The maximum Gasteiger partial charge on any atom is 0.324 e. The molecule has 8 nitrogen and oxygen atoms in total. The van der Waals surface area contributed by atoms with Crippen molar-refractivity contribution in [1.29, 1.82) is 0 Å². The molecule has 1 N–H and O–H groups in total. The molecule has 2 heterocycles. The summed E-state index contributed by atoms with van der Waals surface area (Å²) in [7, 11) is 3.01. The van der Waals surface area contributed by atoms with Crippen molar-refractivity contribution in [2.24, 2.45) is 5.92 Å². The van der Waals surface area contributed by atoms with E-state index in [0.717, 1.165) is 19.3 Å². The quantitative estimate of drug-likeness (QED) is 0.788. The zero-order chi connectivity index (χ0) is 19.1. The van der Waals surface area contributed by atoms with Crippen molar-refractivity contribution >= 4 is 11.9 Å². The van der Waals surface area contributed by atoms with Crippen LogP contribution in [0, 0.1) is 5.92 Å². The molecule has 0 unspecified atom stereocenters. The molecular formula is C19H25N5O3.